The van der Waals surface area contributed by atoms with Crippen LogP contribution in [0.5, 0.6) is 23.0 Å². The van der Waals surface area contributed by atoms with E-state index >= 15 is 4.39 Å². The van der Waals surface area contributed by atoms with Gasteiger partial charge >= 0.3 is 37.2 Å². The summed E-state index contributed by atoms with van der Waals surface area (Å²) >= 11 is 11.7. The van der Waals surface area contributed by atoms with Crippen LogP contribution >= 0.6 is 30.8 Å². The molecule has 71 heavy (non-hydrogen) atoms. The average molecular weight is 1040 g/mol. The molecule has 6 aromatic carbocycles. The molecule has 7 nitrogen and oxygen atoms in total. The first-order chi connectivity index (χ1) is 33.4. The third-order valence-electron chi connectivity index (χ3n) is 10.2. The molecule has 0 N–H and O–H groups in total. The zero-order chi connectivity index (χ0) is 49.8. The van der Waals surface area contributed by atoms with Crippen molar-refractivity contribution >= 4 is 54.3 Å². The molecule has 0 saturated heterocycles. The normalized spacial score (nSPS) is 13.4. The number of rotatable bonds is 17. The molecule has 0 aromatic heterocycles. The Labute approximate surface area is 447 Å². The molecular formula is C56H56Cl2F4NaO7P. The average Bonchev–Trinajstić information content (AvgIpc) is 4.31. The van der Waals surface area contributed by atoms with Gasteiger partial charge in [0.05, 0.1) is 19.4 Å². The summed E-state index contributed by atoms with van der Waals surface area (Å²) in [6.07, 6.45) is 7.28. The SMILES string of the molecule is C.CCOP(=O)(Cc1ccc(F)c(Oc2ccccc2)c1)OCC.C[O-].FC(C=Cc1ccc(F)c(Oc2ccccc2)c1)=C(c1ccc(Cl)cc1)C1CC1.O=CC(F)=C(c1ccc(Cl)cc1)C1CC1.[Na+]. The second-order valence-electron chi connectivity index (χ2n) is 15.4. The van der Waals surface area contributed by atoms with Gasteiger partial charge in [-0.05, 0) is 158 Å². The van der Waals surface area contributed by atoms with E-state index in [0.29, 0.717) is 43.8 Å². The molecule has 0 unspecified atom stereocenters. The van der Waals surface area contributed by atoms with Gasteiger partial charge in [-0.25, -0.2) is 17.6 Å². The first kappa shape index (κ1) is 60.5. The third kappa shape index (κ3) is 19.6. The van der Waals surface area contributed by atoms with Crippen LogP contribution in [0.2, 0.25) is 10.0 Å². The van der Waals surface area contributed by atoms with E-state index in [-0.39, 0.29) is 91.8 Å². The van der Waals surface area contributed by atoms with E-state index in [1.165, 1.54) is 24.3 Å². The molecule has 0 heterocycles. The van der Waals surface area contributed by atoms with Crippen LogP contribution in [-0.2, 0) is 24.6 Å². The maximum atomic E-state index is 15.0. The van der Waals surface area contributed by atoms with Crippen molar-refractivity contribution in [2.24, 2.45) is 11.8 Å². The molecule has 2 aliphatic rings. The molecule has 2 fully saturated rings. The topological polar surface area (TPSA) is 94.1 Å². The third-order valence-corrected chi connectivity index (χ3v) is 12.8. The molecule has 0 atom stereocenters. The Balaban J connectivity index is 0.000000285. The zero-order valence-electron chi connectivity index (χ0n) is 39.3. The Morgan fingerprint density at radius 2 is 1.06 bits per heavy atom. The second kappa shape index (κ2) is 31.0. The maximum Gasteiger partial charge on any atom is 1.00 e. The molecule has 2 aliphatic carbocycles. The molecule has 0 bridgehead atoms. The van der Waals surface area contributed by atoms with E-state index in [4.69, 9.17) is 46.8 Å². The van der Waals surface area contributed by atoms with Gasteiger partial charge in [0.2, 0.25) is 0 Å². The molecule has 0 radical (unpaired) electrons. The number of hydrogen-bond donors (Lipinski definition) is 0. The van der Waals surface area contributed by atoms with E-state index in [0.717, 1.165) is 43.9 Å². The fourth-order valence-corrected chi connectivity index (χ4v) is 8.81. The monoisotopic (exact) mass is 1040 g/mol. The van der Waals surface area contributed by atoms with E-state index in [9.17, 15) is 22.5 Å². The summed E-state index contributed by atoms with van der Waals surface area (Å²) in [6, 6.07) is 40.9. The predicted molar refractivity (Wildman–Crippen MR) is 273 cm³/mol. The summed E-state index contributed by atoms with van der Waals surface area (Å²) < 4.78 is 90.6. The van der Waals surface area contributed by atoms with Gasteiger partial charge < -0.3 is 23.6 Å². The Morgan fingerprint density at radius 1 is 0.634 bits per heavy atom. The van der Waals surface area contributed by atoms with Crippen LogP contribution in [0.25, 0.3) is 17.2 Å². The fraction of sp³-hybridized carbons (Fsp3) is 0.232. The minimum Gasteiger partial charge on any atom is -0.857 e. The van der Waals surface area contributed by atoms with Crippen LogP contribution in [0.3, 0.4) is 0 Å². The van der Waals surface area contributed by atoms with Crippen LogP contribution in [0.4, 0.5) is 17.6 Å². The number of carbonyl (C=O) groups is 1. The van der Waals surface area contributed by atoms with Crippen molar-refractivity contribution in [2.45, 2.75) is 53.1 Å². The maximum absolute atomic E-state index is 15.0. The van der Waals surface area contributed by atoms with Crippen molar-refractivity contribution in [1.29, 1.82) is 0 Å². The van der Waals surface area contributed by atoms with E-state index < -0.39 is 25.1 Å². The number of para-hydroxylation sites is 2. The van der Waals surface area contributed by atoms with Crippen molar-refractivity contribution in [2.75, 3.05) is 20.3 Å². The predicted octanol–water partition coefficient (Wildman–Crippen LogP) is 13.7. The molecule has 6 aromatic rings. The van der Waals surface area contributed by atoms with Crippen LogP contribution in [0.1, 0.15) is 69.2 Å². The molecule has 370 valence electrons. The van der Waals surface area contributed by atoms with Gasteiger partial charge in [0.15, 0.2) is 35.2 Å². The standard InChI is InChI=1S/C25H19ClF2O.C17H20FO4P.C12H10ClFO.CH3O.CH4.Na/c26-20-12-10-19(11-13-20)25(18-8-9-18)23(28)15-7-17-6-14-22(27)24(16-17)29-21-4-2-1-3-5-21;1-3-20-23(19,21-4-2)13-14-10-11-16(18)17(12-14)22-15-8-6-5-7-9-15;13-10-5-3-9(4-6-10)12(8-1-2-8)11(14)7-15;1-2;;/h1-7,10-16,18H,8-9H2;5-12H,3-4,13H2,1-2H3;3-8H,1-2H2;1H3;1H4;/q;;;-1;;+1. The first-order valence-electron chi connectivity index (χ1n) is 22.2. The number of halogens is 6. The number of allylic oxidation sites excluding steroid dienone is 5. The number of hydrogen-bond acceptors (Lipinski definition) is 7. The van der Waals surface area contributed by atoms with Crippen LogP contribution in [-0.4, -0.2) is 26.6 Å². The molecule has 8 rings (SSSR count). The van der Waals surface area contributed by atoms with Gasteiger partial charge in [-0.2, -0.15) is 7.11 Å². The van der Waals surface area contributed by atoms with Crippen molar-refractivity contribution in [3.8, 4) is 23.0 Å². The Bertz CT molecular complexity index is 2710. The largest absolute Gasteiger partial charge is 1.00 e. The molecular weight excluding hydrogens is 985 g/mol. The molecule has 0 aliphatic heterocycles. The van der Waals surface area contributed by atoms with E-state index in [1.807, 2.05) is 36.4 Å². The van der Waals surface area contributed by atoms with E-state index in [2.05, 4.69) is 0 Å². The summed E-state index contributed by atoms with van der Waals surface area (Å²) in [4.78, 5) is 10.5. The minimum atomic E-state index is -3.24. The minimum absolute atomic E-state index is 0. The molecule has 0 amide bonds. The zero-order valence-corrected chi connectivity index (χ0v) is 43.7. The van der Waals surface area contributed by atoms with Gasteiger partial charge in [0, 0.05) is 15.6 Å². The van der Waals surface area contributed by atoms with Crippen LogP contribution < -0.4 is 44.1 Å². The van der Waals surface area contributed by atoms with Crippen molar-refractivity contribution in [3.63, 3.8) is 0 Å². The van der Waals surface area contributed by atoms with E-state index in [1.54, 1.807) is 111 Å². The van der Waals surface area contributed by atoms with Crippen molar-refractivity contribution in [3.05, 3.63) is 207 Å². The first-order valence-corrected chi connectivity index (χ1v) is 24.6. The number of benzene rings is 6. The smallest absolute Gasteiger partial charge is 0.857 e. The van der Waals surface area contributed by atoms with Gasteiger partial charge in [-0.3, -0.25) is 9.36 Å². The van der Waals surface area contributed by atoms with Crippen molar-refractivity contribution in [1.82, 2.24) is 0 Å². The number of ether oxygens (including phenoxy) is 2. The second-order valence-corrected chi connectivity index (χ2v) is 18.4. The summed E-state index contributed by atoms with van der Waals surface area (Å²) in [7, 11) is -2.49. The van der Waals surface area contributed by atoms with Gasteiger partial charge in [-0.15, -0.1) is 0 Å². The molecule has 15 heteroatoms. The van der Waals surface area contributed by atoms with Gasteiger partial charge in [0.1, 0.15) is 17.3 Å². The summed E-state index contributed by atoms with van der Waals surface area (Å²) in [5, 5.41) is 9.48. The van der Waals surface area contributed by atoms with Gasteiger partial charge in [0.25, 0.3) is 0 Å². The Morgan fingerprint density at radius 3 is 1.48 bits per heavy atom. The quantitative estimate of drug-likeness (QED) is 0.0224. The van der Waals surface area contributed by atoms with Crippen molar-refractivity contribution < 1.29 is 80.1 Å². The van der Waals surface area contributed by atoms with Gasteiger partial charge in [-0.1, -0.05) is 110 Å². The Hall–Kier alpha value is -4.78. The molecule has 0 spiro atoms. The molecule has 2 saturated carbocycles. The fourth-order valence-electron chi connectivity index (χ4n) is 6.87. The summed E-state index contributed by atoms with van der Waals surface area (Å²) in [5.74, 6) is -0.219. The number of aldehydes is 1. The van der Waals surface area contributed by atoms with Crippen LogP contribution in [0, 0.1) is 23.5 Å². The summed E-state index contributed by atoms with van der Waals surface area (Å²) in [6.45, 7) is 4.07. The van der Waals surface area contributed by atoms with Crippen LogP contribution in [0.15, 0.2) is 163 Å². The summed E-state index contributed by atoms with van der Waals surface area (Å²) in [5.41, 5.74) is 4.10. The Kier molecular flexibility index (Phi) is 26.4. The number of carbonyl (C=O) groups excluding carboxylic acids is 1.